The van der Waals surface area contributed by atoms with E-state index in [9.17, 15) is 9.59 Å². The Morgan fingerprint density at radius 3 is 2.61 bits per heavy atom. The van der Waals surface area contributed by atoms with Gasteiger partial charge in [0.1, 0.15) is 0 Å². The van der Waals surface area contributed by atoms with Crippen LogP contribution in [0.25, 0.3) is 0 Å². The van der Waals surface area contributed by atoms with Crippen LogP contribution in [0.4, 0.5) is 5.69 Å². The van der Waals surface area contributed by atoms with Crippen molar-refractivity contribution in [2.45, 2.75) is 33.6 Å². The lowest BCUT2D eigenvalue weighted by Gasteiger charge is -2.12. The van der Waals surface area contributed by atoms with Gasteiger partial charge in [-0.25, -0.2) is 4.79 Å². The Kier molecular flexibility index (Phi) is 4.89. The zero-order chi connectivity index (χ0) is 13.7. The third kappa shape index (κ3) is 3.58. The Hall–Kier alpha value is -1.84. The fraction of sp³-hybridized carbons (Fsp3) is 0.429. The van der Waals surface area contributed by atoms with E-state index in [4.69, 9.17) is 5.11 Å². The van der Waals surface area contributed by atoms with Gasteiger partial charge in [-0.15, -0.1) is 0 Å². The topological polar surface area (TPSA) is 66.4 Å². The van der Waals surface area contributed by atoms with Gasteiger partial charge in [0, 0.05) is 12.1 Å². The van der Waals surface area contributed by atoms with Gasteiger partial charge in [0.25, 0.3) is 0 Å². The predicted molar refractivity (Wildman–Crippen MR) is 70.8 cm³/mol. The van der Waals surface area contributed by atoms with E-state index in [1.165, 1.54) is 6.07 Å². The number of carboxylic acid groups (broad SMARTS) is 1. The molecule has 0 radical (unpaired) electrons. The van der Waals surface area contributed by atoms with Crippen LogP contribution in [0.2, 0.25) is 0 Å². The zero-order valence-corrected chi connectivity index (χ0v) is 11.0. The van der Waals surface area contributed by atoms with Crippen molar-refractivity contribution in [1.82, 2.24) is 0 Å². The lowest BCUT2D eigenvalue weighted by atomic mass is 10.0. The van der Waals surface area contributed by atoms with Crippen LogP contribution in [0.15, 0.2) is 18.2 Å². The van der Waals surface area contributed by atoms with Gasteiger partial charge in [-0.2, -0.15) is 0 Å². The second-order valence-corrected chi connectivity index (χ2v) is 4.55. The van der Waals surface area contributed by atoms with Gasteiger partial charge in [-0.3, -0.25) is 4.79 Å². The van der Waals surface area contributed by atoms with Crippen LogP contribution in [-0.4, -0.2) is 17.0 Å². The van der Waals surface area contributed by atoms with Crippen LogP contribution in [0.3, 0.4) is 0 Å². The molecular weight excluding hydrogens is 230 g/mol. The van der Waals surface area contributed by atoms with Crippen LogP contribution in [-0.2, 0) is 4.79 Å². The molecule has 0 spiro atoms. The summed E-state index contributed by atoms with van der Waals surface area (Å²) in [5.41, 5.74) is 1.38. The lowest BCUT2D eigenvalue weighted by molar-refractivity contribution is -0.117. The second kappa shape index (κ2) is 6.19. The van der Waals surface area contributed by atoms with Gasteiger partial charge in [0.05, 0.1) is 5.56 Å². The molecule has 0 aliphatic rings. The van der Waals surface area contributed by atoms with E-state index in [-0.39, 0.29) is 11.5 Å². The molecule has 1 rings (SSSR count). The first-order valence-corrected chi connectivity index (χ1v) is 6.08. The summed E-state index contributed by atoms with van der Waals surface area (Å²) in [7, 11) is 0. The smallest absolute Gasteiger partial charge is 0.336 e. The van der Waals surface area contributed by atoms with Crippen molar-refractivity contribution in [3.05, 3.63) is 29.3 Å². The number of hydrogen-bond acceptors (Lipinski definition) is 2. The third-order valence-corrected chi connectivity index (χ3v) is 3.07. The molecule has 4 nitrogen and oxygen atoms in total. The number of carbonyl (C=O) groups is 2. The van der Waals surface area contributed by atoms with E-state index >= 15 is 0 Å². The van der Waals surface area contributed by atoms with E-state index in [2.05, 4.69) is 5.32 Å². The van der Waals surface area contributed by atoms with Crippen LogP contribution < -0.4 is 5.32 Å². The Morgan fingerprint density at radius 2 is 2.06 bits per heavy atom. The van der Waals surface area contributed by atoms with Crippen LogP contribution >= 0.6 is 0 Å². The first kappa shape index (κ1) is 14.2. The highest BCUT2D eigenvalue weighted by molar-refractivity contribution is 5.96. The highest BCUT2D eigenvalue weighted by Gasteiger charge is 2.13. The van der Waals surface area contributed by atoms with Crippen molar-refractivity contribution in [1.29, 1.82) is 0 Å². The number of hydrogen-bond donors (Lipinski definition) is 2. The van der Waals surface area contributed by atoms with Crippen molar-refractivity contribution in [2.75, 3.05) is 5.32 Å². The molecule has 0 bridgehead atoms. The van der Waals surface area contributed by atoms with Crippen molar-refractivity contribution >= 4 is 17.6 Å². The van der Waals surface area contributed by atoms with Gasteiger partial charge < -0.3 is 10.4 Å². The van der Waals surface area contributed by atoms with E-state index in [1.807, 2.05) is 13.8 Å². The molecule has 0 fully saturated rings. The first-order chi connectivity index (χ1) is 8.45. The lowest BCUT2D eigenvalue weighted by Crippen LogP contribution is -2.16. The fourth-order valence-corrected chi connectivity index (χ4v) is 1.66. The molecule has 0 saturated carbocycles. The monoisotopic (exact) mass is 249 g/mol. The minimum Gasteiger partial charge on any atom is -0.478 e. The SMILES string of the molecule is CCC(C)CC(=O)Nc1cccc(C(=O)O)c1C. The predicted octanol–water partition coefficient (Wildman–Crippen LogP) is 3.07. The summed E-state index contributed by atoms with van der Waals surface area (Å²) >= 11 is 0. The maximum atomic E-state index is 11.8. The number of benzene rings is 1. The number of amides is 1. The maximum Gasteiger partial charge on any atom is 0.336 e. The largest absolute Gasteiger partial charge is 0.478 e. The standard InChI is InChI=1S/C14H19NO3/c1-4-9(2)8-13(16)15-12-7-5-6-11(10(12)3)14(17)18/h5-7,9H,4,8H2,1-3H3,(H,15,16)(H,17,18). The molecule has 0 aliphatic heterocycles. The average molecular weight is 249 g/mol. The summed E-state index contributed by atoms with van der Waals surface area (Å²) in [6.45, 7) is 5.75. The summed E-state index contributed by atoms with van der Waals surface area (Å²) < 4.78 is 0. The van der Waals surface area contributed by atoms with Crippen LogP contribution in [0.1, 0.15) is 42.6 Å². The minimum absolute atomic E-state index is 0.0741. The molecule has 2 N–H and O–H groups in total. The molecule has 1 atom stereocenters. The summed E-state index contributed by atoms with van der Waals surface area (Å²) in [6, 6.07) is 4.88. The molecule has 4 heteroatoms. The van der Waals surface area contributed by atoms with E-state index in [0.717, 1.165) is 6.42 Å². The number of rotatable bonds is 5. The van der Waals surface area contributed by atoms with Crippen molar-refractivity contribution in [3.8, 4) is 0 Å². The average Bonchev–Trinajstić information content (AvgIpc) is 2.31. The first-order valence-electron chi connectivity index (χ1n) is 6.08. The second-order valence-electron chi connectivity index (χ2n) is 4.55. The Bertz CT molecular complexity index is 454. The molecule has 0 heterocycles. The summed E-state index contributed by atoms with van der Waals surface area (Å²) in [5, 5.41) is 11.8. The van der Waals surface area contributed by atoms with Crippen LogP contribution in [0, 0.1) is 12.8 Å². The molecule has 1 unspecified atom stereocenters. The maximum absolute atomic E-state index is 11.8. The normalized spacial score (nSPS) is 11.9. The number of nitrogens with one attached hydrogen (secondary N) is 1. The van der Waals surface area contributed by atoms with Gasteiger partial charge in [0.2, 0.25) is 5.91 Å². The zero-order valence-electron chi connectivity index (χ0n) is 11.0. The van der Waals surface area contributed by atoms with Crippen molar-refractivity contribution < 1.29 is 14.7 Å². The summed E-state index contributed by atoms with van der Waals surface area (Å²) in [5.74, 6) is -0.728. The van der Waals surface area contributed by atoms with E-state index in [1.54, 1.807) is 19.1 Å². The molecular formula is C14H19NO3. The minimum atomic E-state index is -0.981. The van der Waals surface area contributed by atoms with Gasteiger partial charge in [-0.1, -0.05) is 26.3 Å². The summed E-state index contributed by atoms with van der Waals surface area (Å²) in [4.78, 5) is 22.7. The molecule has 18 heavy (non-hydrogen) atoms. The highest BCUT2D eigenvalue weighted by Crippen LogP contribution is 2.19. The quantitative estimate of drug-likeness (QED) is 0.842. The number of anilines is 1. The Balaban J connectivity index is 2.82. The van der Waals surface area contributed by atoms with Crippen molar-refractivity contribution in [3.63, 3.8) is 0 Å². The fourth-order valence-electron chi connectivity index (χ4n) is 1.66. The molecule has 1 amide bonds. The van der Waals surface area contributed by atoms with Crippen LogP contribution in [0.5, 0.6) is 0 Å². The molecule has 0 aliphatic carbocycles. The number of carboxylic acids is 1. The molecule has 1 aromatic carbocycles. The Labute approximate surface area is 107 Å². The molecule has 98 valence electrons. The van der Waals surface area contributed by atoms with Gasteiger partial charge in [0.15, 0.2) is 0 Å². The van der Waals surface area contributed by atoms with E-state index in [0.29, 0.717) is 23.6 Å². The highest BCUT2D eigenvalue weighted by atomic mass is 16.4. The Morgan fingerprint density at radius 1 is 1.39 bits per heavy atom. The molecule has 1 aromatic rings. The molecule has 0 saturated heterocycles. The van der Waals surface area contributed by atoms with Gasteiger partial charge >= 0.3 is 5.97 Å². The summed E-state index contributed by atoms with van der Waals surface area (Å²) in [6.07, 6.45) is 1.40. The third-order valence-electron chi connectivity index (χ3n) is 3.07. The molecule has 0 aromatic heterocycles. The van der Waals surface area contributed by atoms with Gasteiger partial charge in [-0.05, 0) is 30.5 Å². The number of carbonyl (C=O) groups excluding carboxylic acids is 1. The van der Waals surface area contributed by atoms with E-state index < -0.39 is 5.97 Å². The van der Waals surface area contributed by atoms with Crippen molar-refractivity contribution in [2.24, 2.45) is 5.92 Å². The number of aromatic carboxylic acids is 1.